The van der Waals surface area contributed by atoms with E-state index < -0.39 is 51.8 Å². The van der Waals surface area contributed by atoms with E-state index in [1.54, 1.807) is 0 Å². The summed E-state index contributed by atoms with van der Waals surface area (Å²) in [5.74, 6) is -0.239. The number of phosphoric ester groups is 1. The van der Waals surface area contributed by atoms with Crippen molar-refractivity contribution < 1.29 is 47.6 Å². The Hall–Kier alpha value is -1.71. The largest absolute Gasteiger partial charge is 0.481 e. The third kappa shape index (κ3) is 4.27. The van der Waals surface area contributed by atoms with Crippen LogP contribution in [0.25, 0.3) is 11.2 Å². The van der Waals surface area contributed by atoms with Gasteiger partial charge < -0.3 is 35.4 Å². The summed E-state index contributed by atoms with van der Waals surface area (Å²) in [6.45, 7) is 0.427. The van der Waals surface area contributed by atoms with Crippen LogP contribution in [0.4, 0.5) is 5.95 Å². The van der Waals surface area contributed by atoms with E-state index in [1.807, 2.05) is 0 Å². The molecule has 1 aliphatic rings. The van der Waals surface area contributed by atoms with Crippen molar-refractivity contribution in [1.29, 1.82) is 0 Å². The van der Waals surface area contributed by atoms with Crippen LogP contribution in [-0.2, 0) is 28.4 Å². The molecule has 0 saturated carbocycles. The average molecular weight is 457 g/mol. The Balaban J connectivity index is 1.87. The first-order valence-electron chi connectivity index (χ1n) is 7.75. The van der Waals surface area contributed by atoms with E-state index in [2.05, 4.69) is 23.8 Å². The lowest BCUT2D eigenvalue weighted by Gasteiger charge is -2.29. The number of nitrogens with one attached hydrogen (secondary N) is 1. The molecule has 1 unspecified atom stereocenters. The van der Waals surface area contributed by atoms with Crippen LogP contribution >= 0.6 is 15.6 Å². The fourth-order valence-corrected chi connectivity index (χ4v) is 4.47. The first-order chi connectivity index (χ1) is 13.2. The molecule has 5 atom stereocenters. The second-order valence-corrected chi connectivity index (χ2v) is 9.05. The second kappa shape index (κ2) is 7.21. The molecular formula is C11H17N5O11P2. The predicted molar refractivity (Wildman–Crippen MR) is 92.0 cm³/mol. The highest BCUT2D eigenvalue weighted by Crippen LogP contribution is 2.57. The van der Waals surface area contributed by atoms with Crippen molar-refractivity contribution in [2.24, 2.45) is 0 Å². The number of hydrogen-bond acceptors (Lipinski definition) is 11. The van der Waals surface area contributed by atoms with Gasteiger partial charge >= 0.3 is 15.6 Å². The Morgan fingerprint density at radius 3 is 2.66 bits per heavy atom. The van der Waals surface area contributed by atoms with Crippen molar-refractivity contribution in [3.63, 3.8) is 0 Å². The van der Waals surface area contributed by atoms with E-state index in [0.29, 0.717) is 0 Å². The smallest absolute Gasteiger partial charge is 0.387 e. The Kier molecular flexibility index (Phi) is 5.47. The molecule has 3 rings (SSSR count). The van der Waals surface area contributed by atoms with E-state index in [4.69, 9.17) is 20.3 Å². The van der Waals surface area contributed by atoms with Crippen LogP contribution in [0, 0.1) is 0 Å². The van der Waals surface area contributed by atoms with Gasteiger partial charge in [0.1, 0.15) is 18.3 Å². The third-order valence-corrected chi connectivity index (χ3v) is 6.31. The van der Waals surface area contributed by atoms with Gasteiger partial charge in [0.05, 0.1) is 12.9 Å². The van der Waals surface area contributed by atoms with Gasteiger partial charge in [-0.2, -0.15) is 9.29 Å². The van der Waals surface area contributed by atoms with Gasteiger partial charge in [-0.25, -0.2) is 14.1 Å². The molecule has 29 heavy (non-hydrogen) atoms. The zero-order chi connectivity index (χ0) is 21.8. The minimum absolute atomic E-state index is 0.0702. The molecule has 2 aromatic heterocycles. The fourth-order valence-electron chi connectivity index (χ4n) is 2.88. The van der Waals surface area contributed by atoms with E-state index in [9.17, 15) is 29.0 Å². The quantitative estimate of drug-likeness (QED) is 0.226. The van der Waals surface area contributed by atoms with E-state index in [0.717, 1.165) is 10.9 Å². The number of nitrogens with zero attached hydrogens (tertiary/aromatic N) is 3. The SMILES string of the molecule is C[C@@]1(n2cnc3c(=O)[nH]c(N)nc32)O[C@H](COP(=O)(O)OP(=O)(O)O)[C@@H](O)[C@H]1O. The van der Waals surface area contributed by atoms with Gasteiger partial charge in [0, 0.05) is 0 Å². The first kappa shape index (κ1) is 22.0. The maximum atomic E-state index is 11.9. The molecule has 1 aliphatic heterocycles. The zero-order valence-corrected chi connectivity index (χ0v) is 16.3. The van der Waals surface area contributed by atoms with Crippen molar-refractivity contribution in [2.75, 3.05) is 12.3 Å². The molecule has 1 saturated heterocycles. The number of imidazole rings is 1. The van der Waals surface area contributed by atoms with Gasteiger partial charge in [-0.1, -0.05) is 0 Å². The van der Waals surface area contributed by atoms with Gasteiger partial charge in [-0.15, -0.1) is 0 Å². The standard InChI is InChI=1S/C11H17N5O11P2/c1-11(16-3-13-5-8(16)14-10(12)15-9(5)19)7(18)6(17)4(26-11)2-25-29(23,24)27-28(20,21)22/h3-4,6-7,17-18H,2H2,1H3,(H,23,24)(H2,20,21,22)(H3,12,14,15,19)/t4-,6-,7-,11-/m1/s1. The summed E-state index contributed by atoms with van der Waals surface area (Å²) in [6, 6.07) is 0. The number of nitrogen functional groups attached to an aromatic ring is 1. The van der Waals surface area contributed by atoms with E-state index >= 15 is 0 Å². The fraction of sp³-hybridized carbons (Fsp3) is 0.545. The maximum absolute atomic E-state index is 11.9. The summed E-state index contributed by atoms with van der Waals surface area (Å²) in [5, 5.41) is 20.7. The number of fused-ring (bicyclic) bond motifs is 1. The van der Waals surface area contributed by atoms with Crippen molar-refractivity contribution in [3.05, 3.63) is 16.7 Å². The van der Waals surface area contributed by atoms with E-state index in [1.165, 1.54) is 6.92 Å². The number of hydrogen-bond donors (Lipinski definition) is 7. The number of aromatic nitrogens is 4. The lowest BCUT2D eigenvalue weighted by Crippen LogP contribution is -2.43. The van der Waals surface area contributed by atoms with Crippen molar-refractivity contribution in [2.45, 2.75) is 31.0 Å². The third-order valence-electron chi connectivity index (χ3n) is 4.16. The van der Waals surface area contributed by atoms with Crippen molar-refractivity contribution in [3.8, 4) is 0 Å². The molecule has 3 heterocycles. The predicted octanol–water partition coefficient (Wildman–Crippen LogP) is -2.28. The number of nitrogens with two attached hydrogens (primary N) is 1. The summed E-state index contributed by atoms with van der Waals surface area (Å²) in [6.07, 6.45) is -3.66. The number of anilines is 1. The molecule has 0 bridgehead atoms. The first-order valence-corrected chi connectivity index (χ1v) is 10.8. The summed E-state index contributed by atoms with van der Waals surface area (Å²) >= 11 is 0. The van der Waals surface area contributed by atoms with Gasteiger partial charge in [0.15, 0.2) is 16.9 Å². The Morgan fingerprint density at radius 2 is 2.03 bits per heavy atom. The van der Waals surface area contributed by atoms with Crippen LogP contribution < -0.4 is 11.3 Å². The molecule has 8 N–H and O–H groups in total. The number of ether oxygens (including phenoxy) is 1. The zero-order valence-electron chi connectivity index (χ0n) is 14.5. The normalized spacial score (nSPS) is 29.9. The monoisotopic (exact) mass is 457 g/mol. The van der Waals surface area contributed by atoms with Gasteiger partial charge in [-0.05, 0) is 6.92 Å². The molecule has 0 aromatic carbocycles. The number of aliphatic hydroxyl groups is 2. The summed E-state index contributed by atoms with van der Waals surface area (Å²) < 4.78 is 37.0. The summed E-state index contributed by atoms with van der Waals surface area (Å²) in [4.78, 5) is 48.4. The average Bonchev–Trinajstić information content (AvgIpc) is 3.07. The molecule has 0 aliphatic carbocycles. The Morgan fingerprint density at radius 1 is 1.38 bits per heavy atom. The van der Waals surface area contributed by atoms with Crippen LogP contribution in [0.5, 0.6) is 0 Å². The van der Waals surface area contributed by atoms with Gasteiger partial charge in [0.2, 0.25) is 5.95 Å². The molecule has 16 nitrogen and oxygen atoms in total. The highest BCUT2D eigenvalue weighted by molar-refractivity contribution is 7.60. The number of H-pyrrole nitrogens is 1. The molecule has 1 fully saturated rings. The lowest BCUT2D eigenvalue weighted by atomic mass is 10.0. The molecule has 0 radical (unpaired) electrons. The number of aliphatic hydroxyl groups excluding tert-OH is 2. The topological polar surface area (TPSA) is 253 Å². The number of rotatable bonds is 6. The minimum atomic E-state index is -5.33. The highest BCUT2D eigenvalue weighted by Gasteiger charge is 2.54. The Labute approximate surface area is 160 Å². The van der Waals surface area contributed by atoms with Crippen molar-refractivity contribution in [1.82, 2.24) is 19.5 Å². The van der Waals surface area contributed by atoms with Crippen LogP contribution in [-0.4, -0.2) is 69.3 Å². The second-order valence-electron chi connectivity index (χ2n) is 6.22. The maximum Gasteiger partial charge on any atom is 0.481 e. The molecule has 162 valence electrons. The number of aromatic amines is 1. The van der Waals surface area contributed by atoms with Gasteiger partial charge in [-0.3, -0.25) is 18.9 Å². The van der Waals surface area contributed by atoms with Crippen LogP contribution in [0.2, 0.25) is 0 Å². The lowest BCUT2D eigenvalue weighted by molar-refractivity contribution is -0.131. The highest BCUT2D eigenvalue weighted by atomic mass is 31.3. The molecule has 18 heteroatoms. The van der Waals surface area contributed by atoms with Crippen LogP contribution in [0.1, 0.15) is 6.92 Å². The molecule has 2 aromatic rings. The summed E-state index contributed by atoms with van der Waals surface area (Å²) in [5.41, 5.74) is 2.90. The van der Waals surface area contributed by atoms with Gasteiger partial charge in [0.25, 0.3) is 5.56 Å². The summed E-state index contributed by atoms with van der Waals surface area (Å²) in [7, 11) is -10.5. The molecule has 0 amide bonds. The Bertz CT molecular complexity index is 1080. The van der Waals surface area contributed by atoms with Crippen LogP contribution in [0.3, 0.4) is 0 Å². The number of phosphoric acid groups is 2. The minimum Gasteiger partial charge on any atom is -0.387 e. The molecular weight excluding hydrogens is 440 g/mol. The van der Waals surface area contributed by atoms with Crippen LogP contribution in [0.15, 0.2) is 11.1 Å². The molecule has 0 spiro atoms. The van der Waals surface area contributed by atoms with Crippen molar-refractivity contribution >= 4 is 32.8 Å². The van der Waals surface area contributed by atoms with E-state index in [-0.39, 0.29) is 17.1 Å².